The SMILES string of the molecule is CC(C)c1ncc(Cl)c(C(=O)N2CCO[C@H]3CCCC[C@@H]32)n1. The summed E-state index contributed by atoms with van der Waals surface area (Å²) in [5.74, 6) is 0.728. The van der Waals surface area contributed by atoms with Gasteiger partial charge >= 0.3 is 0 Å². The van der Waals surface area contributed by atoms with Gasteiger partial charge in [-0.05, 0) is 12.8 Å². The van der Waals surface area contributed by atoms with E-state index in [1.165, 1.54) is 12.6 Å². The third-order valence-corrected chi connectivity index (χ3v) is 4.75. The molecule has 0 bridgehead atoms. The minimum Gasteiger partial charge on any atom is -0.374 e. The lowest BCUT2D eigenvalue weighted by Crippen LogP contribution is -2.55. The summed E-state index contributed by atoms with van der Waals surface area (Å²) in [6, 6.07) is 0.156. The maximum atomic E-state index is 12.9. The van der Waals surface area contributed by atoms with Crippen molar-refractivity contribution in [3.05, 3.63) is 22.7 Å². The van der Waals surface area contributed by atoms with Gasteiger partial charge in [0.2, 0.25) is 0 Å². The number of ether oxygens (including phenoxy) is 1. The van der Waals surface area contributed by atoms with Crippen molar-refractivity contribution < 1.29 is 9.53 Å². The van der Waals surface area contributed by atoms with Gasteiger partial charge in [-0.15, -0.1) is 0 Å². The second kappa shape index (κ2) is 6.50. The van der Waals surface area contributed by atoms with Crippen LogP contribution in [-0.2, 0) is 4.74 Å². The lowest BCUT2D eigenvalue weighted by molar-refractivity contribution is -0.0754. The molecule has 120 valence electrons. The molecule has 1 aromatic rings. The number of hydrogen-bond acceptors (Lipinski definition) is 4. The largest absolute Gasteiger partial charge is 0.374 e. The number of carbonyl (C=O) groups is 1. The molecule has 0 radical (unpaired) electrons. The zero-order chi connectivity index (χ0) is 15.7. The van der Waals surface area contributed by atoms with Crippen molar-refractivity contribution >= 4 is 17.5 Å². The Kier molecular flexibility index (Phi) is 4.64. The molecule has 1 aliphatic heterocycles. The molecule has 0 N–H and O–H groups in total. The molecule has 0 spiro atoms. The van der Waals surface area contributed by atoms with E-state index in [9.17, 15) is 4.79 Å². The highest BCUT2D eigenvalue weighted by molar-refractivity contribution is 6.33. The standard InChI is InChI=1S/C16H22ClN3O2/c1-10(2)15-18-9-11(17)14(19-15)16(21)20-7-8-22-13-6-4-3-5-12(13)20/h9-10,12-13H,3-8H2,1-2H3/t12-,13-/m0/s1. The molecule has 0 aromatic carbocycles. The van der Waals surface area contributed by atoms with Crippen molar-refractivity contribution in [3.8, 4) is 0 Å². The van der Waals surface area contributed by atoms with Crippen LogP contribution < -0.4 is 0 Å². The Morgan fingerprint density at radius 2 is 2.18 bits per heavy atom. The van der Waals surface area contributed by atoms with Gasteiger partial charge in [-0.3, -0.25) is 4.79 Å². The Balaban J connectivity index is 1.87. The summed E-state index contributed by atoms with van der Waals surface area (Å²) in [6.45, 7) is 5.21. The van der Waals surface area contributed by atoms with E-state index >= 15 is 0 Å². The maximum Gasteiger partial charge on any atom is 0.274 e. The molecule has 1 saturated carbocycles. The summed E-state index contributed by atoms with van der Waals surface area (Å²) in [7, 11) is 0. The number of halogens is 1. The Labute approximate surface area is 136 Å². The zero-order valence-electron chi connectivity index (χ0n) is 13.1. The van der Waals surface area contributed by atoms with Crippen LogP contribution in [0.2, 0.25) is 5.02 Å². The van der Waals surface area contributed by atoms with E-state index < -0.39 is 0 Å². The van der Waals surface area contributed by atoms with Crippen LogP contribution in [0.25, 0.3) is 0 Å². The van der Waals surface area contributed by atoms with Crippen LogP contribution in [0, 0.1) is 0 Å². The molecule has 1 amide bonds. The van der Waals surface area contributed by atoms with Crippen molar-refractivity contribution in [1.82, 2.24) is 14.9 Å². The normalized spacial score (nSPS) is 25.2. The van der Waals surface area contributed by atoms with Crippen LogP contribution in [0.4, 0.5) is 0 Å². The molecule has 1 saturated heterocycles. The molecule has 1 aliphatic carbocycles. The molecular formula is C16H22ClN3O2. The van der Waals surface area contributed by atoms with Gasteiger partial charge in [0.1, 0.15) is 5.82 Å². The molecule has 0 unspecified atom stereocenters. The molecule has 22 heavy (non-hydrogen) atoms. The van der Waals surface area contributed by atoms with E-state index in [1.54, 1.807) is 0 Å². The van der Waals surface area contributed by atoms with Crippen molar-refractivity contribution in [1.29, 1.82) is 0 Å². The Bertz CT molecular complexity index is 562. The monoisotopic (exact) mass is 323 g/mol. The fraction of sp³-hybridized carbons (Fsp3) is 0.688. The highest BCUT2D eigenvalue weighted by Gasteiger charge is 2.38. The van der Waals surface area contributed by atoms with Gasteiger partial charge < -0.3 is 9.64 Å². The minimum atomic E-state index is -0.0884. The minimum absolute atomic E-state index is 0.0884. The Hall–Kier alpha value is -1.20. The average molecular weight is 324 g/mol. The van der Waals surface area contributed by atoms with Gasteiger partial charge in [-0.1, -0.05) is 38.3 Å². The first-order chi connectivity index (χ1) is 10.6. The second-order valence-corrected chi connectivity index (χ2v) is 6.75. The fourth-order valence-corrected chi connectivity index (χ4v) is 3.47. The van der Waals surface area contributed by atoms with Gasteiger partial charge in [-0.2, -0.15) is 0 Å². The molecule has 6 heteroatoms. The van der Waals surface area contributed by atoms with Gasteiger partial charge in [0.05, 0.1) is 30.0 Å². The first-order valence-corrected chi connectivity index (χ1v) is 8.40. The van der Waals surface area contributed by atoms with Crippen LogP contribution in [-0.4, -0.2) is 46.1 Å². The first kappa shape index (κ1) is 15.7. The molecule has 3 rings (SSSR count). The number of carbonyl (C=O) groups excluding carboxylic acids is 1. The summed E-state index contributed by atoms with van der Waals surface area (Å²) >= 11 is 6.19. The van der Waals surface area contributed by atoms with E-state index in [0.29, 0.717) is 29.7 Å². The Morgan fingerprint density at radius 3 is 2.95 bits per heavy atom. The predicted molar refractivity (Wildman–Crippen MR) is 84.2 cm³/mol. The second-order valence-electron chi connectivity index (χ2n) is 6.34. The molecule has 1 aromatic heterocycles. The first-order valence-electron chi connectivity index (χ1n) is 8.03. The molecule has 5 nitrogen and oxygen atoms in total. The highest BCUT2D eigenvalue weighted by atomic mass is 35.5. The number of fused-ring (bicyclic) bond motifs is 1. The Morgan fingerprint density at radius 1 is 1.41 bits per heavy atom. The van der Waals surface area contributed by atoms with E-state index in [-0.39, 0.29) is 24.0 Å². The number of nitrogens with zero attached hydrogens (tertiary/aromatic N) is 3. The molecule has 2 atom stereocenters. The highest BCUT2D eigenvalue weighted by Crippen LogP contribution is 2.30. The number of hydrogen-bond donors (Lipinski definition) is 0. The fourth-order valence-electron chi connectivity index (χ4n) is 3.29. The number of rotatable bonds is 2. The molecule has 2 heterocycles. The number of amides is 1. The number of aromatic nitrogens is 2. The zero-order valence-corrected chi connectivity index (χ0v) is 13.8. The van der Waals surface area contributed by atoms with Gasteiger partial charge in [0, 0.05) is 12.5 Å². The van der Waals surface area contributed by atoms with E-state index in [2.05, 4.69) is 9.97 Å². The van der Waals surface area contributed by atoms with E-state index in [0.717, 1.165) is 19.3 Å². The van der Waals surface area contributed by atoms with Crippen molar-refractivity contribution in [2.75, 3.05) is 13.2 Å². The van der Waals surface area contributed by atoms with Crippen LogP contribution >= 0.6 is 11.6 Å². The molecule has 2 fully saturated rings. The van der Waals surface area contributed by atoms with Crippen molar-refractivity contribution in [3.63, 3.8) is 0 Å². The third kappa shape index (κ3) is 2.97. The van der Waals surface area contributed by atoms with Crippen LogP contribution in [0.1, 0.15) is 61.8 Å². The van der Waals surface area contributed by atoms with Gasteiger partial charge in [0.25, 0.3) is 5.91 Å². The smallest absolute Gasteiger partial charge is 0.274 e. The topological polar surface area (TPSA) is 55.3 Å². The lowest BCUT2D eigenvalue weighted by atomic mass is 9.90. The third-order valence-electron chi connectivity index (χ3n) is 4.47. The quantitative estimate of drug-likeness (QED) is 0.839. The van der Waals surface area contributed by atoms with E-state index in [4.69, 9.17) is 16.3 Å². The maximum absolute atomic E-state index is 12.9. The van der Waals surface area contributed by atoms with Crippen LogP contribution in [0.15, 0.2) is 6.20 Å². The summed E-state index contributed by atoms with van der Waals surface area (Å²) in [4.78, 5) is 23.5. The van der Waals surface area contributed by atoms with Gasteiger partial charge in [0.15, 0.2) is 5.69 Å². The summed E-state index contributed by atoms with van der Waals surface area (Å²) in [6.07, 6.45) is 6.05. The lowest BCUT2D eigenvalue weighted by Gasteiger charge is -2.43. The number of morpholine rings is 1. The van der Waals surface area contributed by atoms with Crippen molar-refractivity contribution in [2.45, 2.75) is 57.6 Å². The predicted octanol–water partition coefficient (Wildman–Crippen LogP) is 3.04. The average Bonchev–Trinajstić information content (AvgIpc) is 2.54. The molecular weight excluding hydrogens is 302 g/mol. The summed E-state index contributed by atoms with van der Waals surface area (Å²) in [5, 5.41) is 0.327. The van der Waals surface area contributed by atoms with E-state index in [1.807, 2.05) is 18.7 Å². The summed E-state index contributed by atoms with van der Waals surface area (Å²) < 4.78 is 5.83. The van der Waals surface area contributed by atoms with Gasteiger partial charge in [-0.25, -0.2) is 9.97 Å². The summed E-state index contributed by atoms with van der Waals surface area (Å²) in [5.41, 5.74) is 0.326. The van der Waals surface area contributed by atoms with Crippen molar-refractivity contribution in [2.24, 2.45) is 0 Å². The molecule has 2 aliphatic rings. The van der Waals surface area contributed by atoms with Crippen LogP contribution in [0.5, 0.6) is 0 Å². The van der Waals surface area contributed by atoms with Crippen LogP contribution in [0.3, 0.4) is 0 Å².